The van der Waals surface area contributed by atoms with E-state index < -0.39 is 17.5 Å². The molecule has 2 fully saturated rings. The lowest BCUT2D eigenvalue weighted by molar-refractivity contribution is -0.125. The monoisotopic (exact) mass is 343 g/mol. The fourth-order valence-corrected chi connectivity index (χ4v) is 3.76. The van der Waals surface area contributed by atoms with E-state index in [4.69, 9.17) is 0 Å². The first kappa shape index (κ1) is 17.5. The van der Waals surface area contributed by atoms with Gasteiger partial charge in [0, 0.05) is 12.5 Å². The maximum Gasteiger partial charge on any atom is 0.322 e. The first-order valence-electron chi connectivity index (χ1n) is 9.09. The molecular formula is C19H25N3O3. The maximum atomic E-state index is 12.4. The van der Waals surface area contributed by atoms with E-state index in [0.29, 0.717) is 5.56 Å². The molecule has 6 heteroatoms. The number of nitrogens with one attached hydrogen (secondary N) is 3. The summed E-state index contributed by atoms with van der Waals surface area (Å²) in [5, 5.41) is 8.12. The van der Waals surface area contributed by atoms with Gasteiger partial charge in [-0.3, -0.25) is 14.9 Å². The lowest BCUT2D eigenvalue weighted by Crippen LogP contribution is -2.45. The summed E-state index contributed by atoms with van der Waals surface area (Å²) in [5.41, 5.74) is -0.473. The second kappa shape index (κ2) is 7.68. The zero-order chi connectivity index (χ0) is 17.7. The van der Waals surface area contributed by atoms with Crippen LogP contribution in [-0.2, 0) is 15.1 Å². The molecular weight excluding hydrogens is 318 g/mol. The molecule has 6 nitrogen and oxygen atoms in total. The highest BCUT2D eigenvalue weighted by Gasteiger charge is 2.47. The molecule has 134 valence electrons. The van der Waals surface area contributed by atoms with Gasteiger partial charge in [0.1, 0.15) is 5.54 Å². The molecule has 3 N–H and O–H groups in total. The number of imide groups is 1. The Bertz CT molecular complexity index is 639. The van der Waals surface area contributed by atoms with Gasteiger partial charge in [0.25, 0.3) is 5.91 Å². The molecule has 25 heavy (non-hydrogen) atoms. The molecule has 1 aromatic carbocycles. The summed E-state index contributed by atoms with van der Waals surface area (Å²) in [7, 11) is 0. The number of hydrogen-bond donors (Lipinski definition) is 3. The molecule has 1 unspecified atom stereocenters. The quantitative estimate of drug-likeness (QED) is 0.566. The van der Waals surface area contributed by atoms with Crippen molar-refractivity contribution in [3.63, 3.8) is 0 Å². The molecule has 0 aromatic heterocycles. The van der Waals surface area contributed by atoms with E-state index in [1.54, 1.807) is 12.1 Å². The van der Waals surface area contributed by atoms with Gasteiger partial charge in [-0.05, 0) is 24.8 Å². The molecule has 3 rings (SSSR count). The Morgan fingerprint density at radius 3 is 2.36 bits per heavy atom. The van der Waals surface area contributed by atoms with Crippen LogP contribution in [0, 0.1) is 0 Å². The molecule has 1 aliphatic heterocycles. The highest BCUT2D eigenvalue weighted by molar-refractivity contribution is 6.07. The first-order chi connectivity index (χ1) is 12.1. The average molecular weight is 343 g/mol. The van der Waals surface area contributed by atoms with Crippen LogP contribution in [0.15, 0.2) is 30.3 Å². The predicted octanol–water partition coefficient (Wildman–Crippen LogP) is 2.34. The zero-order valence-corrected chi connectivity index (χ0v) is 14.3. The zero-order valence-electron chi connectivity index (χ0n) is 14.3. The number of rotatable bonds is 5. The van der Waals surface area contributed by atoms with Gasteiger partial charge in [-0.1, -0.05) is 56.0 Å². The van der Waals surface area contributed by atoms with Crippen LogP contribution >= 0.6 is 0 Å². The lowest BCUT2D eigenvalue weighted by atomic mass is 9.85. The van der Waals surface area contributed by atoms with Crippen LogP contribution in [0.3, 0.4) is 0 Å². The summed E-state index contributed by atoms with van der Waals surface area (Å²) >= 11 is 0. The van der Waals surface area contributed by atoms with Crippen LogP contribution in [0.1, 0.15) is 56.9 Å². The molecule has 1 saturated carbocycles. The standard InChI is InChI=1S/C19H25N3O3/c23-16(20-15-10-6-1-2-7-11-15)12-13-19(14-8-4-3-5-9-14)17(24)21-18(25)22-19/h3-5,8-9,15H,1-2,6-7,10-13H2,(H,20,23)(H2,21,22,24,25). The van der Waals surface area contributed by atoms with Crippen molar-refractivity contribution in [3.05, 3.63) is 35.9 Å². The number of urea groups is 1. The summed E-state index contributed by atoms with van der Waals surface area (Å²) in [5.74, 6) is -0.456. The highest BCUT2D eigenvalue weighted by atomic mass is 16.2. The van der Waals surface area contributed by atoms with Crippen LogP contribution in [0.2, 0.25) is 0 Å². The average Bonchev–Trinajstić information content (AvgIpc) is 2.78. The van der Waals surface area contributed by atoms with E-state index in [9.17, 15) is 14.4 Å². The third-order valence-electron chi connectivity index (χ3n) is 5.16. The molecule has 4 amide bonds. The van der Waals surface area contributed by atoms with Crippen molar-refractivity contribution in [1.82, 2.24) is 16.0 Å². The predicted molar refractivity (Wildman–Crippen MR) is 93.7 cm³/mol. The lowest BCUT2D eigenvalue weighted by Gasteiger charge is -2.27. The van der Waals surface area contributed by atoms with E-state index >= 15 is 0 Å². The van der Waals surface area contributed by atoms with Gasteiger partial charge >= 0.3 is 6.03 Å². The Hall–Kier alpha value is -2.37. The first-order valence-corrected chi connectivity index (χ1v) is 9.09. The van der Waals surface area contributed by atoms with E-state index in [1.165, 1.54) is 12.8 Å². The van der Waals surface area contributed by atoms with Gasteiger partial charge in [0.05, 0.1) is 0 Å². The van der Waals surface area contributed by atoms with Gasteiger partial charge in [-0.25, -0.2) is 4.79 Å². The SMILES string of the molecule is O=C(CCC1(c2ccccc2)NC(=O)NC1=O)NC1CCCCCC1. The number of hydrogen-bond acceptors (Lipinski definition) is 3. The number of amides is 4. The van der Waals surface area contributed by atoms with Crippen LogP contribution < -0.4 is 16.0 Å². The summed E-state index contributed by atoms with van der Waals surface area (Å²) in [6, 6.07) is 8.81. The van der Waals surface area contributed by atoms with Gasteiger partial charge in [-0.2, -0.15) is 0 Å². The minimum atomic E-state index is -1.17. The number of benzene rings is 1. The topological polar surface area (TPSA) is 87.3 Å². The van der Waals surface area contributed by atoms with E-state index in [0.717, 1.165) is 25.7 Å². The third-order valence-corrected chi connectivity index (χ3v) is 5.16. The molecule has 1 atom stereocenters. The summed E-state index contributed by atoms with van der Waals surface area (Å²) < 4.78 is 0. The summed E-state index contributed by atoms with van der Waals surface area (Å²) in [6.07, 6.45) is 7.24. The fraction of sp³-hybridized carbons (Fsp3) is 0.526. The Balaban J connectivity index is 1.66. The molecule has 0 spiro atoms. The Kier molecular flexibility index (Phi) is 5.36. The largest absolute Gasteiger partial charge is 0.353 e. The number of carbonyl (C=O) groups excluding carboxylic acids is 3. The minimum absolute atomic E-state index is 0.0591. The summed E-state index contributed by atoms with van der Waals surface area (Å²) in [6.45, 7) is 0. The van der Waals surface area contributed by atoms with Crippen LogP contribution in [0.5, 0.6) is 0 Å². The van der Waals surface area contributed by atoms with Crippen molar-refractivity contribution in [2.24, 2.45) is 0 Å². The van der Waals surface area contributed by atoms with E-state index in [-0.39, 0.29) is 24.8 Å². The van der Waals surface area contributed by atoms with Crippen LogP contribution in [0.4, 0.5) is 4.79 Å². The second-order valence-corrected chi connectivity index (χ2v) is 6.94. The molecule has 0 bridgehead atoms. The molecule has 2 aliphatic rings. The Morgan fingerprint density at radius 1 is 1.08 bits per heavy atom. The third kappa shape index (κ3) is 4.00. The Labute approximate surface area is 147 Å². The number of carbonyl (C=O) groups is 3. The highest BCUT2D eigenvalue weighted by Crippen LogP contribution is 2.30. The molecule has 1 aliphatic carbocycles. The van der Waals surface area contributed by atoms with Gasteiger partial charge in [0.2, 0.25) is 5.91 Å². The van der Waals surface area contributed by atoms with Crippen LogP contribution in [0.25, 0.3) is 0 Å². The van der Waals surface area contributed by atoms with E-state index in [2.05, 4.69) is 16.0 Å². The molecule has 1 aromatic rings. The molecule has 1 heterocycles. The van der Waals surface area contributed by atoms with Crippen molar-refractivity contribution in [1.29, 1.82) is 0 Å². The molecule has 0 radical (unpaired) electrons. The van der Waals surface area contributed by atoms with Crippen molar-refractivity contribution in [3.8, 4) is 0 Å². The van der Waals surface area contributed by atoms with Crippen molar-refractivity contribution < 1.29 is 14.4 Å². The van der Waals surface area contributed by atoms with Crippen molar-refractivity contribution in [2.75, 3.05) is 0 Å². The van der Waals surface area contributed by atoms with E-state index in [1.807, 2.05) is 18.2 Å². The van der Waals surface area contributed by atoms with Crippen molar-refractivity contribution >= 4 is 17.8 Å². The maximum absolute atomic E-state index is 12.4. The van der Waals surface area contributed by atoms with Crippen molar-refractivity contribution in [2.45, 2.75) is 62.9 Å². The second-order valence-electron chi connectivity index (χ2n) is 6.94. The van der Waals surface area contributed by atoms with Gasteiger partial charge < -0.3 is 10.6 Å². The van der Waals surface area contributed by atoms with Gasteiger partial charge in [0.15, 0.2) is 0 Å². The smallest absolute Gasteiger partial charge is 0.322 e. The fourth-order valence-electron chi connectivity index (χ4n) is 3.76. The molecule has 1 saturated heterocycles. The normalized spacial score (nSPS) is 24.3. The Morgan fingerprint density at radius 2 is 1.76 bits per heavy atom. The van der Waals surface area contributed by atoms with Gasteiger partial charge in [-0.15, -0.1) is 0 Å². The van der Waals surface area contributed by atoms with Crippen LogP contribution in [-0.4, -0.2) is 23.9 Å². The summed E-state index contributed by atoms with van der Waals surface area (Å²) in [4.78, 5) is 36.5. The minimum Gasteiger partial charge on any atom is -0.353 e.